The molecule has 2 atom stereocenters. The number of nitrogens with one attached hydrogen (secondary N) is 2. The van der Waals surface area contributed by atoms with Crippen LogP contribution in [0, 0.1) is 16.7 Å². The van der Waals surface area contributed by atoms with Gasteiger partial charge in [-0.05, 0) is 17.7 Å². The van der Waals surface area contributed by atoms with Gasteiger partial charge >= 0.3 is 0 Å². The number of rotatable bonds is 3. The van der Waals surface area contributed by atoms with Crippen LogP contribution in [-0.4, -0.2) is 22.2 Å². The molecule has 2 unspecified atom stereocenters. The topological polar surface area (TPSA) is 120 Å². The number of nitrogens with two attached hydrogens (primary N) is 1. The first-order chi connectivity index (χ1) is 9.02. The fourth-order valence-corrected chi connectivity index (χ4v) is 2.91. The molecule has 0 spiro atoms. The van der Waals surface area contributed by atoms with Crippen LogP contribution in [0.5, 0.6) is 0 Å². The Morgan fingerprint density at radius 3 is 2.84 bits per heavy atom. The van der Waals surface area contributed by atoms with Crippen molar-refractivity contribution in [2.45, 2.75) is 11.2 Å². The smallest absolute Gasteiger partial charge is 0.240 e. The van der Waals surface area contributed by atoms with E-state index in [9.17, 15) is 9.59 Å². The van der Waals surface area contributed by atoms with Crippen molar-refractivity contribution < 1.29 is 9.59 Å². The highest BCUT2D eigenvalue weighted by molar-refractivity contribution is 8.15. The summed E-state index contributed by atoms with van der Waals surface area (Å²) >= 11 is 0.957. The summed E-state index contributed by atoms with van der Waals surface area (Å²) in [4.78, 5) is 23.3. The average Bonchev–Trinajstić information content (AvgIpc) is 2.68. The van der Waals surface area contributed by atoms with E-state index in [4.69, 9.17) is 16.4 Å². The van der Waals surface area contributed by atoms with Crippen molar-refractivity contribution in [2.75, 3.05) is 0 Å². The minimum atomic E-state index is -0.860. The van der Waals surface area contributed by atoms with Gasteiger partial charge in [-0.2, -0.15) is 5.26 Å². The predicted octanol–water partition coefficient (Wildman–Crippen LogP) is 0.294. The summed E-state index contributed by atoms with van der Waals surface area (Å²) < 4.78 is 0. The second-order valence-corrected chi connectivity index (χ2v) is 5.13. The number of carbonyl (C=O) groups excluding carboxylic acids is 2. The molecular weight excluding hydrogens is 264 g/mol. The second-order valence-electron chi connectivity index (χ2n) is 3.97. The zero-order valence-corrected chi connectivity index (χ0v) is 10.5. The molecule has 0 saturated carbocycles. The first-order valence-electron chi connectivity index (χ1n) is 5.38. The van der Waals surface area contributed by atoms with Crippen molar-refractivity contribution in [2.24, 2.45) is 5.73 Å². The van der Waals surface area contributed by atoms with Gasteiger partial charge in [0, 0.05) is 0 Å². The van der Waals surface area contributed by atoms with Gasteiger partial charge in [0.2, 0.25) is 11.8 Å². The number of amides is 2. The van der Waals surface area contributed by atoms with E-state index in [1.54, 1.807) is 18.2 Å². The van der Waals surface area contributed by atoms with E-state index in [0.29, 0.717) is 11.1 Å². The van der Waals surface area contributed by atoms with Crippen LogP contribution < -0.4 is 11.1 Å². The SMILES string of the molecule is N#Cc1cccc(C(C(N)=O)C2SC(=N)NC2=O)c1. The molecule has 1 fully saturated rings. The molecule has 2 amide bonds. The molecule has 1 aromatic rings. The summed E-state index contributed by atoms with van der Waals surface area (Å²) in [5.74, 6) is -1.93. The summed E-state index contributed by atoms with van der Waals surface area (Å²) in [7, 11) is 0. The zero-order chi connectivity index (χ0) is 14.0. The Bertz CT molecular complexity index is 608. The number of carbonyl (C=O) groups is 2. The first kappa shape index (κ1) is 13.1. The number of amidine groups is 1. The van der Waals surface area contributed by atoms with Crippen molar-refractivity contribution >= 4 is 28.7 Å². The van der Waals surface area contributed by atoms with E-state index >= 15 is 0 Å². The Morgan fingerprint density at radius 1 is 1.58 bits per heavy atom. The standard InChI is InChI=1S/C12H10N4O2S/c13-5-6-2-1-3-7(4-6)8(10(14)17)9-11(18)16-12(15)19-9/h1-4,8-9H,(H2,14,17)(H2,15,16,18). The molecule has 19 heavy (non-hydrogen) atoms. The maximum absolute atomic E-state index is 11.7. The highest BCUT2D eigenvalue weighted by atomic mass is 32.2. The molecule has 0 bridgehead atoms. The normalized spacial score (nSPS) is 19.6. The van der Waals surface area contributed by atoms with Gasteiger partial charge in [-0.25, -0.2) is 0 Å². The third-order valence-electron chi connectivity index (χ3n) is 2.72. The Labute approximate surface area is 113 Å². The number of hydrogen-bond acceptors (Lipinski definition) is 5. The monoisotopic (exact) mass is 274 g/mol. The molecule has 96 valence electrons. The van der Waals surface area contributed by atoms with Crippen LogP contribution in [-0.2, 0) is 9.59 Å². The minimum absolute atomic E-state index is 0.00214. The molecule has 1 heterocycles. The fourth-order valence-electron chi connectivity index (χ4n) is 1.90. The van der Waals surface area contributed by atoms with Crippen LogP contribution in [0.25, 0.3) is 0 Å². The number of benzene rings is 1. The number of primary amides is 1. The van der Waals surface area contributed by atoms with Gasteiger partial charge in [-0.3, -0.25) is 15.0 Å². The number of hydrogen-bond donors (Lipinski definition) is 3. The summed E-state index contributed by atoms with van der Waals surface area (Å²) in [6, 6.07) is 8.38. The summed E-state index contributed by atoms with van der Waals surface area (Å²) in [6.07, 6.45) is 0. The van der Waals surface area contributed by atoms with Crippen molar-refractivity contribution in [1.82, 2.24) is 5.32 Å². The van der Waals surface area contributed by atoms with Crippen LogP contribution in [0.3, 0.4) is 0 Å². The molecule has 2 rings (SSSR count). The van der Waals surface area contributed by atoms with Gasteiger partial charge in [0.05, 0.1) is 17.6 Å². The Kier molecular flexibility index (Phi) is 3.53. The van der Waals surface area contributed by atoms with E-state index in [-0.39, 0.29) is 5.17 Å². The molecule has 0 radical (unpaired) electrons. The van der Waals surface area contributed by atoms with Crippen LogP contribution in [0.1, 0.15) is 17.0 Å². The molecule has 1 aliphatic heterocycles. The van der Waals surface area contributed by atoms with E-state index in [2.05, 4.69) is 5.32 Å². The molecule has 0 aliphatic carbocycles. The van der Waals surface area contributed by atoms with Gasteiger partial charge in [0.15, 0.2) is 5.17 Å². The van der Waals surface area contributed by atoms with Crippen LogP contribution in [0.4, 0.5) is 0 Å². The van der Waals surface area contributed by atoms with Crippen LogP contribution in [0.15, 0.2) is 24.3 Å². The lowest BCUT2D eigenvalue weighted by atomic mass is 9.93. The van der Waals surface area contributed by atoms with E-state index in [1.807, 2.05) is 6.07 Å². The molecule has 7 heteroatoms. The fraction of sp³-hybridized carbons (Fsp3) is 0.167. The van der Waals surface area contributed by atoms with Gasteiger partial charge in [-0.1, -0.05) is 23.9 Å². The van der Waals surface area contributed by atoms with Gasteiger partial charge in [0.1, 0.15) is 5.25 Å². The van der Waals surface area contributed by atoms with Crippen molar-refractivity contribution in [3.8, 4) is 6.07 Å². The zero-order valence-electron chi connectivity index (χ0n) is 9.71. The minimum Gasteiger partial charge on any atom is -0.369 e. The van der Waals surface area contributed by atoms with Gasteiger partial charge in [-0.15, -0.1) is 0 Å². The molecule has 1 saturated heterocycles. The molecule has 4 N–H and O–H groups in total. The van der Waals surface area contributed by atoms with E-state index in [1.165, 1.54) is 6.07 Å². The van der Waals surface area contributed by atoms with Gasteiger partial charge < -0.3 is 11.1 Å². The van der Waals surface area contributed by atoms with E-state index < -0.39 is 23.0 Å². The Morgan fingerprint density at radius 2 is 2.32 bits per heavy atom. The quantitative estimate of drug-likeness (QED) is 0.733. The lowest BCUT2D eigenvalue weighted by Gasteiger charge is -2.17. The highest BCUT2D eigenvalue weighted by Crippen LogP contribution is 2.32. The van der Waals surface area contributed by atoms with Gasteiger partial charge in [0.25, 0.3) is 0 Å². The Balaban J connectivity index is 2.41. The number of nitrogens with zero attached hydrogens (tertiary/aromatic N) is 1. The highest BCUT2D eigenvalue weighted by Gasteiger charge is 2.40. The van der Waals surface area contributed by atoms with Crippen molar-refractivity contribution in [3.63, 3.8) is 0 Å². The molecular formula is C12H10N4O2S. The molecule has 0 aromatic heterocycles. The maximum atomic E-state index is 11.7. The molecule has 1 aliphatic rings. The lowest BCUT2D eigenvalue weighted by molar-refractivity contribution is -0.124. The predicted molar refractivity (Wildman–Crippen MR) is 70.3 cm³/mol. The summed E-state index contributed by atoms with van der Waals surface area (Å²) in [5, 5.41) is 17.8. The second kappa shape index (κ2) is 5.12. The molecule has 6 nitrogen and oxygen atoms in total. The maximum Gasteiger partial charge on any atom is 0.240 e. The van der Waals surface area contributed by atoms with Crippen molar-refractivity contribution in [1.29, 1.82) is 10.7 Å². The summed E-state index contributed by atoms with van der Waals surface area (Å²) in [5.41, 5.74) is 6.26. The van der Waals surface area contributed by atoms with Crippen molar-refractivity contribution in [3.05, 3.63) is 35.4 Å². The summed E-state index contributed by atoms with van der Waals surface area (Å²) in [6.45, 7) is 0. The van der Waals surface area contributed by atoms with E-state index in [0.717, 1.165) is 11.8 Å². The third-order valence-corrected chi connectivity index (χ3v) is 3.80. The molecule has 1 aromatic carbocycles. The lowest BCUT2D eigenvalue weighted by Crippen LogP contribution is -2.35. The third kappa shape index (κ3) is 2.58. The van der Waals surface area contributed by atoms with Crippen LogP contribution >= 0.6 is 11.8 Å². The number of nitriles is 1. The van der Waals surface area contributed by atoms with Crippen LogP contribution in [0.2, 0.25) is 0 Å². The largest absolute Gasteiger partial charge is 0.369 e. The number of thioether (sulfide) groups is 1. The average molecular weight is 274 g/mol. The Hall–Kier alpha value is -2.33. The first-order valence-corrected chi connectivity index (χ1v) is 6.26.